The van der Waals surface area contributed by atoms with Crippen molar-refractivity contribution in [3.63, 3.8) is 0 Å². The summed E-state index contributed by atoms with van der Waals surface area (Å²) in [4.78, 5) is 38.8. The molecule has 3 rings (SSSR count). The lowest BCUT2D eigenvalue weighted by Gasteiger charge is -2.29. The molecule has 0 unspecified atom stereocenters. The van der Waals surface area contributed by atoms with Crippen LogP contribution in [0.15, 0.2) is 29.4 Å². The molecule has 2 aliphatic heterocycles. The standard InChI is InChI=1S/C19H23N3O5/c1-12-6-8-13(9-7-12)22-16(11-14(20-22)18(24)26-2)17(23)21-10-4-5-15(21)19(25)27-3/h6-9,15-16H,4-5,10-11H2,1-3H3/t15-,16-/m0/s1. The molecule has 0 spiro atoms. The van der Waals surface area contributed by atoms with Crippen LogP contribution in [0.2, 0.25) is 0 Å². The number of methoxy groups -OCH3 is 2. The molecule has 2 aliphatic rings. The Balaban J connectivity index is 1.89. The summed E-state index contributed by atoms with van der Waals surface area (Å²) in [7, 11) is 2.60. The number of ether oxygens (including phenoxy) is 2. The molecule has 8 heteroatoms. The van der Waals surface area contributed by atoms with Gasteiger partial charge in [0.25, 0.3) is 0 Å². The predicted octanol–water partition coefficient (Wildman–Crippen LogP) is 1.27. The molecule has 8 nitrogen and oxygen atoms in total. The number of hydrogen-bond donors (Lipinski definition) is 0. The van der Waals surface area contributed by atoms with E-state index in [4.69, 9.17) is 9.47 Å². The molecular weight excluding hydrogens is 350 g/mol. The van der Waals surface area contributed by atoms with E-state index >= 15 is 0 Å². The number of hydrogen-bond acceptors (Lipinski definition) is 7. The van der Waals surface area contributed by atoms with Crippen LogP contribution in [-0.2, 0) is 23.9 Å². The minimum atomic E-state index is -0.702. The largest absolute Gasteiger partial charge is 0.467 e. The summed E-state index contributed by atoms with van der Waals surface area (Å²) in [5.41, 5.74) is 1.96. The molecule has 0 aromatic heterocycles. The van der Waals surface area contributed by atoms with Gasteiger partial charge in [-0.2, -0.15) is 5.10 Å². The van der Waals surface area contributed by atoms with Gasteiger partial charge in [0.05, 0.1) is 19.9 Å². The number of esters is 2. The second-order valence-corrected chi connectivity index (χ2v) is 6.65. The summed E-state index contributed by atoms with van der Waals surface area (Å²) < 4.78 is 9.60. The number of rotatable bonds is 4. The molecule has 144 valence electrons. The van der Waals surface area contributed by atoms with Gasteiger partial charge in [-0.1, -0.05) is 17.7 Å². The van der Waals surface area contributed by atoms with Gasteiger partial charge >= 0.3 is 11.9 Å². The smallest absolute Gasteiger partial charge is 0.354 e. The summed E-state index contributed by atoms with van der Waals surface area (Å²) in [5, 5.41) is 5.88. The van der Waals surface area contributed by atoms with Crippen molar-refractivity contribution in [2.75, 3.05) is 25.8 Å². The molecule has 1 amide bonds. The van der Waals surface area contributed by atoms with E-state index in [1.165, 1.54) is 19.1 Å². The van der Waals surface area contributed by atoms with Gasteiger partial charge in [-0.05, 0) is 31.9 Å². The Kier molecular flexibility index (Phi) is 5.43. The molecule has 0 N–H and O–H groups in total. The molecule has 0 bridgehead atoms. The van der Waals surface area contributed by atoms with E-state index in [0.29, 0.717) is 18.7 Å². The summed E-state index contributed by atoms with van der Waals surface area (Å²) >= 11 is 0. The highest BCUT2D eigenvalue weighted by Gasteiger charge is 2.43. The normalized spacial score (nSPS) is 21.8. The van der Waals surface area contributed by atoms with Crippen molar-refractivity contribution < 1.29 is 23.9 Å². The van der Waals surface area contributed by atoms with Crippen LogP contribution in [0.5, 0.6) is 0 Å². The van der Waals surface area contributed by atoms with Gasteiger partial charge < -0.3 is 14.4 Å². The maximum absolute atomic E-state index is 13.2. The van der Waals surface area contributed by atoms with E-state index in [1.807, 2.05) is 31.2 Å². The first-order valence-corrected chi connectivity index (χ1v) is 8.86. The van der Waals surface area contributed by atoms with Gasteiger partial charge in [-0.3, -0.25) is 9.80 Å². The fraction of sp³-hybridized carbons (Fsp3) is 0.474. The molecule has 1 aromatic carbocycles. The molecule has 2 heterocycles. The molecule has 0 radical (unpaired) electrons. The minimum absolute atomic E-state index is 0.129. The number of likely N-dealkylation sites (tertiary alicyclic amines) is 1. The maximum Gasteiger partial charge on any atom is 0.354 e. The SMILES string of the molecule is COC(=O)C1=NN(c2ccc(C)cc2)[C@H](C(=O)N2CCC[C@H]2C(=O)OC)C1. The van der Waals surface area contributed by atoms with Gasteiger partial charge in [0.15, 0.2) is 0 Å². The third-order valence-corrected chi connectivity index (χ3v) is 4.92. The molecule has 1 fully saturated rings. The lowest BCUT2D eigenvalue weighted by molar-refractivity contribution is -0.151. The van der Waals surface area contributed by atoms with E-state index in [2.05, 4.69) is 5.10 Å². The first kappa shape index (κ1) is 18.9. The molecular formula is C19H23N3O5. The zero-order valence-corrected chi connectivity index (χ0v) is 15.7. The summed E-state index contributed by atoms with van der Waals surface area (Å²) in [6.45, 7) is 2.44. The van der Waals surface area contributed by atoms with Crippen molar-refractivity contribution in [2.45, 2.75) is 38.3 Å². The first-order chi connectivity index (χ1) is 13.0. The van der Waals surface area contributed by atoms with Crippen LogP contribution in [0, 0.1) is 6.92 Å². The lowest BCUT2D eigenvalue weighted by Crippen LogP contribution is -2.49. The summed E-state index contributed by atoms with van der Waals surface area (Å²) in [5.74, 6) is -1.23. The van der Waals surface area contributed by atoms with Gasteiger partial charge in [-0.15, -0.1) is 0 Å². The number of amides is 1. The van der Waals surface area contributed by atoms with Crippen molar-refractivity contribution in [3.8, 4) is 0 Å². The van der Waals surface area contributed by atoms with Gasteiger partial charge in [0.1, 0.15) is 17.8 Å². The zero-order valence-electron chi connectivity index (χ0n) is 15.7. The third-order valence-electron chi connectivity index (χ3n) is 4.92. The molecule has 0 saturated carbocycles. The highest BCUT2D eigenvalue weighted by atomic mass is 16.5. The van der Waals surface area contributed by atoms with Crippen LogP contribution in [0.3, 0.4) is 0 Å². The monoisotopic (exact) mass is 373 g/mol. The third kappa shape index (κ3) is 3.65. The fourth-order valence-corrected chi connectivity index (χ4v) is 3.48. The van der Waals surface area contributed by atoms with E-state index in [-0.39, 0.29) is 18.0 Å². The highest BCUT2D eigenvalue weighted by molar-refractivity contribution is 6.38. The highest BCUT2D eigenvalue weighted by Crippen LogP contribution is 2.29. The maximum atomic E-state index is 13.2. The van der Waals surface area contributed by atoms with Crippen LogP contribution in [-0.4, -0.2) is 61.3 Å². The van der Waals surface area contributed by atoms with E-state index < -0.39 is 24.0 Å². The Morgan fingerprint density at radius 3 is 2.41 bits per heavy atom. The summed E-state index contributed by atoms with van der Waals surface area (Å²) in [6, 6.07) is 6.23. The van der Waals surface area contributed by atoms with Crippen LogP contribution in [0.4, 0.5) is 5.69 Å². The average Bonchev–Trinajstić information content (AvgIpc) is 3.34. The van der Waals surface area contributed by atoms with E-state index in [0.717, 1.165) is 12.0 Å². The molecule has 1 saturated heterocycles. The first-order valence-electron chi connectivity index (χ1n) is 8.86. The Labute approximate surface area is 157 Å². The number of carbonyl (C=O) groups excluding carboxylic acids is 3. The van der Waals surface area contributed by atoms with Crippen LogP contribution >= 0.6 is 0 Å². The average molecular weight is 373 g/mol. The van der Waals surface area contributed by atoms with Gasteiger partial charge in [-0.25, -0.2) is 9.59 Å². The predicted molar refractivity (Wildman–Crippen MR) is 98.3 cm³/mol. The van der Waals surface area contributed by atoms with Crippen LogP contribution < -0.4 is 5.01 Å². The van der Waals surface area contributed by atoms with Crippen molar-refractivity contribution in [1.82, 2.24) is 4.90 Å². The molecule has 0 aliphatic carbocycles. The van der Waals surface area contributed by atoms with Crippen molar-refractivity contribution in [2.24, 2.45) is 5.10 Å². The number of aryl methyl sites for hydroxylation is 1. The number of hydrazone groups is 1. The lowest BCUT2D eigenvalue weighted by atomic mass is 10.1. The molecule has 1 aromatic rings. The minimum Gasteiger partial charge on any atom is -0.467 e. The number of benzene rings is 1. The number of nitrogens with zero attached hydrogens (tertiary/aromatic N) is 3. The Morgan fingerprint density at radius 1 is 1.07 bits per heavy atom. The molecule has 27 heavy (non-hydrogen) atoms. The number of carbonyl (C=O) groups is 3. The second kappa shape index (κ2) is 7.77. The quantitative estimate of drug-likeness (QED) is 0.739. The fourth-order valence-electron chi connectivity index (χ4n) is 3.48. The second-order valence-electron chi connectivity index (χ2n) is 6.65. The number of anilines is 1. The van der Waals surface area contributed by atoms with Crippen molar-refractivity contribution >= 4 is 29.2 Å². The van der Waals surface area contributed by atoms with Crippen LogP contribution in [0.1, 0.15) is 24.8 Å². The van der Waals surface area contributed by atoms with Crippen molar-refractivity contribution in [3.05, 3.63) is 29.8 Å². The zero-order chi connectivity index (χ0) is 19.6. The Bertz CT molecular complexity index is 774. The van der Waals surface area contributed by atoms with Crippen LogP contribution in [0.25, 0.3) is 0 Å². The Hall–Kier alpha value is -2.90. The van der Waals surface area contributed by atoms with Gasteiger partial charge in [0, 0.05) is 13.0 Å². The summed E-state index contributed by atoms with van der Waals surface area (Å²) in [6.07, 6.45) is 1.43. The van der Waals surface area contributed by atoms with E-state index in [9.17, 15) is 14.4 Å². The van der Waals surface area contributed by atoms with E-state index in [1.54, 1.807) is 5.01 Å². The Morgan fingerprint density at radius 2 is 1.78 bits per heavy atom. The van der Waals surface area contributed by atoms with Crippen molar-refractivity contribution in [1.29, 1.82) is 0 Å². The topological polar surface area (TPSA) is 88.5 Å². The molecule has 2 atom stereocenters. The van der Waals surface area contributed by atoms with Gasteiger partial charge in [0.2, 0.25) is 5.91 Å².